The van der Waals surface area contributed by atoms with Crippen molar-refractivity contribution in [1.82, 2.24) is 0 Å². The summed E-state index contributed by atoms with van der Waals surface area (Å²) in [5.41, 5.74) is 6.82. The zero-order valence-corrected chi connectivity index (χ0v) is 11.9. The van der Waals surface area contributed by atoms with Crippen molar-refractivity contribution in [3.05, 3.63) is 32.8 Å². The van der Waals surface area contributed by atoms with Gasteiger partial charge in [-0.2, -0.15) is 0 Å². The van der Waals surface area contributed by atoms with Crippen molar-refractivity contribution in [2.75, 3.05) is 18.0 Å². The first-order valence-corrected chi connectivity index (χ1v) is 6.76. The van der Waals surface area contributed by atoms with E-state index in [2.05, 4.69) is 0 Å². The highest BCUT2D eigenvalue weighted by atomic mass is 35.5. The molecule has 2 N–H and O–H groups in total. The number of aryl methyl sites for hydroxylation is 1. The Morgan fingerprint density at radius 2 is 2.25 bits per heavy atom. The number of amides is 1. The third-order valence-corrected chi connectivity index (χ3v) is 3.88. The highest BCUT2D eigenvalue weighted by molar-refractivity contribution is 6.33. The summed E-state index contributed by atoms with van der Waals surface area (Å²) in [7, 11) is 0. The summed E-state index contributed by atoms with van der Waals surface area (Å²) in [5, 5.41) is 11.1. The second-order valence-corrected chi connectivity index (χ2v) is 5.44. The van der Waals surface area contributed by atoms with E-state index in [9.17, 15) is 14.9 Å². The lowest BCUT2D eigenvalue weighted by atomic mass is 9.96. The second kappa shape index (κ2) is 5.66. The largest absolute Gasteiger partial charge is 0.369 e. The quantitative estimate of drug-likeness (QED) is 0.684. The van der Waals surface area contributed by atoms with Gasteiger partial charge in [-0.1, -0.05) is 11.6 Å². The van der Waals surface area contributed by atoms with Gasteiger partial charge in [-0.3, -0.25) is 14.9 Å². The molecule has 2 rings (SSSR count). The molecule has 0 spiro atoms. The molecule has 1 amide bonds. The van der Waals surface area contributed by atoms with E-state index in [-0.39, 0.29) is 17.5 Å². The number of rotatable bonds is 3. The van der Waals surface area contributed by atoms with Crippen molar-refractivity contribution in [3.8, 4) is 0 Å². The maximum absolute atomic E-state index is 11.3. The van der Waals surface area contributed by atoms with Crippen LogP contribution in [0.1, 0.15) is 18.4 Å². The molecule has 1 aromatic carbocycles. The number of nitrogens with two attached hydrogens (primary N) is 1. The molecule has 1 unspecified atom stereocenters. The highest BCUT2D eigenvalue weighted by Crippen LogP contribution is 2.35. The number of benzene rings is 1. The van der Waals surface area contributed by atoms with Crippen LogP contribution in [0.15, 0.2) is 12.1 Å². The van der Waals surface area contributed by atoms with Gasteiger partial charge in [0, 0.05) is 25.2 Å². The fraction of sp³-hybridized carbons (Fsp3) is 0.462. The van der Waals surface area contributed by atoms with Crippen LogP contribution in [0, 0.1) is 23.0 Å². The Hall–Kier alpha value is -1.82. The molecule has 20 heavy (non-hydrogen) atoms. The number of hydrogen-bond acceptors (Lipinski definition) is 4. The minimum atomic E-state index is -0.467. The molecule has 0 bridgehead atoms. The number of anilines is 1. The summed E-state index contributed by atoms with van der Waals surface area (Å²) < 4.78 is 0. The van der Waals surface area contributed by atoms with E-state index in [1.165, 1.54) is 12.1 Å². The molecule has 7 heteroatoms. The number of carbonyl (C=O) groups is 1. The first-order valence-electron chi connectivity index (χ1n) is 6.39. The van der Waals surface area contributed by atoms with E-state index in [1.807, 2.05) is 4.90 Å². The van der Waals surface area contributed by atoms with Crippen molar-refractivity contribution in [3.63, 3.8) is 0 Å². The molecule has 0 aliphatic carbocycles. The number of nitrogens with zero attached hydrogens (tertiary/aromatic N) is 2. The lowest BCUT2D eigenvalue weighted by molar-refractivity contribution is -0.384. The number of halogens is 1. The van der Waals surface area contributed by atoms with E-state index in [0.717, 1.165) is 30.6 Å². The number of nitro groups is 1. The Morgan fingerprint density at radius 3 is 2.80 bits per heavy atom. The van der Waals surface area contributed by atoms with Gasteiger partial charge in [0.15, 0.2) is 0 Å². The zero-order valence-electron chi connectivity index (χ0n) is 11.1. The Kier molecular flexibility index (Phi) is 4.13. The van der Waals surface area contributed by atoms with Crippen molar-refractivity contribution in [2.45, 2.75) is 19.8 Å². The standard InChI is InChI=1S/C13H16ClN3O3/c1-8-5-10(17(19)20)6-11(14)12(8)16-4-2-3-9(7-16)13(15)18/h5-6,9H,2-4,7H2,1H3,(H2,15,18). The van der Waals surface area contributed by atoms with E-state index in [1.54, 1.807) is 6.92 Å². The fourth-order valence-electron chi connectivity index (χ4n) is 2.64. The second-order valence-electron chi connectivity index (χ2n) is 5.04. The lowest BCUT2D eigenvalue weighted by Gasteiger charge is -2.34. The van der Waals surface area contributed by atoms with E-state index in [0.29, 0.717) is 11.6 Å². The Balaban J connectivity index is 2.33. The summed E-state index contributed by atoms with van der Waals surface area (Å²) in [6.07, 6.45) is 1.62. The fourth-order valence-corrected chi connectivity index (χ4v) is 3.02. The zero-order chi connectivity index (χ0) is 14.9. The SMILES string of the molecule is Cc1cc([N+](=O)[O-])cc(Cl)c1N1CCCC(C(N)=O)C1. The Bertz CT molecular complexity index is 539. The number of carbonyl (C=O) groups excluding carboxylic acids is 1. The molecular weight excluding hydrogens is 282 g/mol. The van der Waals surface area contributed by atoms with Gasteiger partial charge in [-0.15, -0.1) is 0 Å². The predicted octanol–water partition coefficient (Wildman–Crippen LogP) is 2.26. The van der Waals surface area contributed by atoms with Gasteiger partial charge < -0.3 is 10.6 Å². The minimum Gasteiger partial charge on any atom is -0.369 e. The van der Waals surface area contributed by atoms with Gasteiger partial charge in [0.1, 0.15) is 0 Å². The number of nitro benzene ring substituents is 1. The highest BCUT2D eigenvalue weighted by Gasteiger charge is 2.27. The van der Waals surface area contributed by atoms with Crippen LogP contribution in [0.4, 0.5) is 11.4 Å². The van der Waals surface area contributed by atoms with Crippen LogP contribution in [-0.4, -0.2) is 23.9 Å². The van der Waals surface area contributed by atoms with Gasteiger partial charge in [0.25, 0.3) is 5.69 Å². The number of hydrogen-bond donors (Lipinski definition) is 1. The van der Waals surface area contributed by atoms with Gasteiger partial charge >= 0.3 is 0 Å². The molecule has 1 atom stereocenters. The number of piperidine rings is 1. The maximum Gasteiger partial charge on any atom is 0.271 e. The molecule has 0 saturated carbocycles. The van der Waals surface area contributed by atoms with Crippen molar-refractivity contribution >= 4 is 28.9 Å². The van der Waals surface area contributed by atoms with Crippen LogP contribution in [0.25, 0.3) is 0 Å². The first-order chi connectivity index (χ1) is 9.40. The lowest BCUT2D eigenvalue weighted by Crippen LogP contribution is -2.41. The molecular formula is C13H16ClN3O3. The smallest absolute Gasteiger partial charge is 0.271 e. The topological polar surface area (TPSA) is 89.5 Å². The first kappa shape index (κ1) is 14.6. The summed E-state index contributed by atoms with van der Waals surface area (Å²) in [6.45, 7) is 3.05. The molecule has 1 aromatic rings. The molecule has 1 saturated heterocycles. The summed E-state index contributed by atoms with van der Waals surface area (Å²) in [4.78, 5) is 23.6. The molecule has 1 aliphatic rings. The van der Waals surface area contributed by atoms with E-state index in [4.69, 9.17) is 17.3 Å². The summed E-state index contributed by atoms with van der Waals surface area (Å²) >= 11 is 6.18. The number of non-ortho nitro benzene ring substituents is 1. The molecule has 0 aromatic heterocycles. The number of primary amides is 1. The average Bonchev–Trinajstić information content (AvgIpc) is 2.38. The van der Waals surface area contributed by atoms with Crippen molar-refractivity contribution in [1.29, 1.82) is 0 Å². The molecule has 6 nitrogen and oxygen atoms in total. The summed E-state index contributed by atoms with van der Waals surface area (Å²) in [5.74, 6) is -0.514. The maximum atomic E-state index is 11.3. The molecule has 1 aliphatic heterocycles. The Labute approximate surface area is 121 Å². The van der Waals surface area contributed by atoms with Crippen LogP contribution < -0.4 is 10.6 Å². The molecule has 108 valence electrons. The van der Waals surface area contributed by atoms with Crippen LogP contribution in [-0.2, 0) is 4.79 Å². The minimum absolute atomic E-state index is 0.0280. The average molecular weight is 298 g/mol. The monoisotopic (exact) mass is 297 g/mol. The van der Waals surface area contributed by atoms with Crippen LogP contribution >= 0.6 is 11.6 Å². The third-order valence-electron chi connectivity index (χ3n) is 3.59. The predicted molar refractivity (Wildman–Crippen MR) is 77.0 cm³/mol. The van der Waals surface area contributed by atoms with E-state index < -0.39 is 4.92 Å². The summed E-state index contributed by atoms with van der Waals surface area (Å²) in [6, 6.07) is 2.84. The molecule has 0 radical (unpaired) electrons. The van der Waals surface area contributed by atoms with Gasteiger partial charge in [-0.25, -0.2) is 0 Å². The van der Waals surface area contributed by atoms with Gasteiger partial charge in [-0.05, 0) is 25.3 Å². The van der Waals surface area contributed by atoms with Crippen molar-refractivity contribution < 1.29 is 9.72 Å². The molecule has 1 heterocycles. The van der Waals surface area contributed by atoms with Crippen LogP contribution in [0.2, 0.25) is 5.02 Å². The Morgan fingerprint density at radius 1 is 1.55 bits per heavy atom. The normalized spacial score (nSPS) is 18.9. The van der Waals surface area contributed by atoms with Crippen LogP contribution in [0.3, 0.4) is 0 Å². The third kappa shape index (κ3) is 2.85. The van der Waals surface area contributed by atoms with Crippen molar-refractivity contribution in [2.24, 2.45) is 11.7 Å². The van der Waals surface area contributed by atoms with Gasteiger partial charge in [0.2, 0.25) is 5.91 Å². The van der Waals surface area contributed by atoms with Gasteiger partial charge in [0.05, 0.1) is 21.6 Å². The van der Waals surface area contributed by atoms with Crippen LogP contribution in [0.5, 0.6) is 0 Å². The molecule has 1 fully saturated rings. The van der Waals surface area contributed by atoms with E-state index >= 15 is 0 Å².